The summed E-state index contributed by atoms with van der Waals surface area (Å²) in [6.07, 6.45) is 0.980. The summed E-state index contributed by atoms with van der Waals surface area (Å²) >= 11 is 11.2. The number of aromatic nitrogens is 2. The molecular weight excluding hydrogens is 370 g/mol. The largest absolute Gasteiger partial charge is 0.339 e. The highest BCUT2D eigenvalue weighted by Crippen LogP contribution is 2.33. The Kier molecular flexibility index (Phi) is 4.15. The fourth-order valence-corrected chi connectivity index (χ4v) is 3.62. The van der Waals surface area contributed by atoms with E-state index in [-0.39, 0.29) is 5.28 Å². The Labute approximate surface area is 140 Å². The van der Waals surface area contributed by atoms with Crippen LogP contribution in [0.4, 0.5) is 11.5 Å². The van der Waals surface area contributed by atoms with Gasteiger partial charge in [0.15, 0.2) is 0 Å². The zero-order valence-corrected chi connectivity index (χ0v) is 14.7. The summed E-state index contributed by atoms with van der Waals surface area (Å²) in [5, 5.41) is 4.66. The third-order valence-electron chi connectivity index (χ3n) is 3.22. The number of thiophene rings is 1. The summed E-state index contributed by atoms with van der Waals surface area (Å²) in [6, 6.07) is 8.23. The van der Waals surface area contributed by atoms with Crippen molar-refractivity contribution in [1.82, 2.24) is 9.97 Å². The second-order valence-electron chi connectivity index (χ2n) is 4.71. The predicted octanol–water partition coefficient (Wildman–Crippen LogP) is 5.72. The number of fused-ring (bicyclic) bond motifs is 1. The van der Waals surface area contributed by atoms with Gasteiger partial charge in [-0.25, -0.2) is 4.98 Å². The van der Waals surface area contributed by atoms with E-state index in [1.807, 2.05) is 12.1 Å². The summed E-state index contributed by atoms with van der Waals surface area (Å²) in [6.45, 7) is 4.19. The smallest absolute Gasteiger partial charge is 0.225 e. The molecule has 0 amide bonds. The van der Waals surface area contributed by atoms with Crippen molar-refractivity contribution in [1.29, 1.82) is 0 Å². The van der Waals surface area contributed by atoms with Crippen molar-refractivity contribution in [2.24, 2.45) is 0 Å². The number of hydrogen-bond acceptors (Lipinski definition) is 4. The molecule has 2 aromatic heterocycles. The molecule has 3 rings (SSSR count). The number of nitrogens with one attached hydrogen (secondary N) is 1. The Morgan fingerprint density at radius 2 is 2.10 bits per heavy atom. The Bertz CT molecular complexity index is 816. The Morgan fingerprint density at radius 3 is 2.86 bits per heavy atom. The molecule has 0 unspecified atom stereocenters. The minimum absolute atomic E-state index is 0.266. The highest BCUT2D eigenvalue weighted by Gasteiger charge is 2.11. The van der Waals surface area contributed by atoms with Gasteiger partial charge in [0.25, 0.3) is 0 Å². The molecule has 3 aromatic rings. The van der Waals surface area contributed by atoms with Crippen LogP contribution in [0.25, 0.3) is 10.2 Å². The van der Waals surface area contributed by atoms with E-state index in [0.29, 0.717) is 0 Å². The van der Waals surface area contributed by atoms with Crippen LogP contribution in [0, 0.1) is 6.92 Å². The summed E-state index contributed by atoms with van der Waals surface area (Å²) in [7, 11) is 0. The van der Waals surface area contributed by atoms with E-state index in [1.54, 1.807) is 11.3 Å². The van der Waals surface area contributed by atoms with Gasteiger partial charge in [0, 0.05) is 15.0 Å². The number of hydrogen-bond donors (Lipinski definition) is 1. The van der Waals surface area contributed by atoms with Gasteiger partial charge in [0.1, 0.15) is 10.6 Å². The minimum atomic E-state index is 0.266. The molecule has 0 spiro atoms. The standard InChI is InChI=1S/C15H13BrClN3S/c1-3-10-7-11-13(19-15(17)20-14(11)21-10)18-12-6-9(16)5-4-8(12)2/h4-7H,3H2,1-2H3,(H,18,19,20). The molecule has 3 nitrogen and oxygen atoms in total. The second-order valence-corrected chi connectivity index (χ2v) is 7.08. The Hall–Kier alpha value is -1.17. The van der Waals surface area contributed by atoms with Crippen molar-refractivity contribution < 1.29 is 0 Å². The lowest BCUT2D eigenvalue weighted by atomic mass is 10.2. The number of aryl methyl sites for hydroxylation is 2. The molecule has 6 heteroatoms. The molecule has 0 saturated heterocycles. The van der Waals surface area contributed by atoms with E-state index in [1.165, 1.54) is 4.88 Å². The van der Waals surface area contributed by atoms with Gasteiger partial charge in [-0.05, 0) is 48.7 Å². The minimum Gasteiger partial charge on any atom is -0.339 e. The van der Waals surface area contributed by atoms with Gasteiger partial charge in [-0.3, -0.25) is 0 Å². The van der Waals surface area contributed by atoms with Crippen LogP contribution in [0.1, 0.15) is 17.4 Å². The van der Waals surface area contributed by atoms with Crippen LogP contribution in [0.3, 0.4) is 0 Å². The predicted molar refractivity (Wildman–Crippen MR) is 94.0 cm³/mol. The molecule has 1 aromatic carbocycles. The lowest BCUT2D eigenvalue weighted by Gasteiger charge is -2.10. The van der Waals surface area contributed by atoms with Crippen LogP contribution in [0.5, 0.6) is 0 Å². The average Bonchev–Trinajstić information content (AvgIpc) is 2.86. The van der Waals surface area contributed by atoms with Gasteiger partial charge in [0.05, 0.1) is 5.39 Å². The first-order chi connectivity index (χ1) is 10.1. The molecule has 108 valence electrons. The normalized spacial score (nSPS) is 11.0. The third kappa shape index (κ3) is 3.05. The molecule has 0 aliphatic carbocycles. The molecule has 0 atom stereocenters. The number of benzene rings is 1. The van der Waals surface area contributed by atoms with Crippen molar-refractivity contribution in [2.45, 2.75) is 20.3 Å². The van der Waals surface area contributed by atoms with Crippen molar-refractivity contribution >= 4 is 60.6 Å². The second kappa shape index (κ2) is 5.91. The van der Waals surface area contributed by atoms with Gasteiger partial charge < -0.3 is 5.32 Å². The number of anilines is 2. The maximum Gasteiger partial charge on any atom is 0.225 e. The first kappa shape index (κ1) is 14.8. The van der Waals surface area contributed by atoms with E-state index < -0.39 is 0 Å². The first-order valence-electron chi connectivity index (χ1n) is 6.56. The molecule has 0 aliphatic rings. The van der Waals surface area contributed by atoms with Gasteiger partial charge in [-0.2, -0.15) is 4.98 Å². The monoisotopic (exact) mass is 381 g/mol. The van der Waals surface area contributed by atoms with Crippen molar-refractivity contribution in [3.05, 3.63) is 44.5 Å². The number of rotatable bonds is 3. The maximum atomic E-state index is 6.05. The molecule has 0 saturated carbocycles. The van der Waals surface area contributed by atoms with Crippen LogP contribution < -0.4 is 5.32 Å². The molecule has 0 bridgehead atoms. The molecule has 2 heterocycles. The molecule has 0 fully saturated rings. The SMILES string of the molecule is CCc1cc2c(Nc3cc(Br)ccc3C)nc(Cl)nc2s1. The maximum absolute atomic E-state index is 6.05. The van der Waals surface area contributed by atoms with Crippen molar-refractivity contribution in [2.75, 3.05) is 5.32 Å². The number of nitrogens with zero attached hydrogens (tertiary/aromatic N) is 2. The fraction of sp³-hybridized carbons (Fsp3) is 0.200. The van der Waals surface area contributed by atoms with E-state index in [0.717, 1.165) is 38.2 Å². The summed E-state index contributed by atoms with van der Waals surface area (Å²) in [5.41, 5.74) is 2.15. The van der Waals surface area contributed by atoms with E-state index >= 15 is 0 Å². The van der Waals surface area contributed by atoms with E-state index in [4.69, 9.17) is 11.6 Å². The first-order valence-corrected chi connectivity index (χ1v) is 8.54. The van der Waals surface area contributed by atoms with Crippen molar-refractivity contribution in [3.8, 4) is 0 Å². The van der Waals surface area contributed by atoms with Gasteiger partial charge >= 0.3 is 0 Å². The highest BCUT2D eigenvalue weighted by atomic mass is 79.9. The van der Waals surface area contributed by atoms with Crippen LogP contribution in [0.15, 0.2) is 28.7 Å². The molecule has 0 aliphatic heterocycles. The zero-order chi connectivity index (χ0) is 15.0. The molecule has 21 heavy (non-hydrogen) atoms. The molecular formula is C15H13BrClN3S. The van der Waals surface area contributed by atoms with Crippen molar-refractivity contribution in [3.63, 3.8) is 0 Å². The quantitative estimate of drug-likeness (QED) is 0.588. The lowest BCUT2D eigenvalue weighted by Crippen LogP contribution is -1.97. The van der Waals surface area contributed by atoms with Gasteiger partial charge in [0.2, 0.25) is 5.28 Å². The van der Waals surface area contributed by atoms with E-state index in [2.05, 4.69) is 57.2 Å². The zero-order valence-electron chi connectivity index (χ0n) is 11.6. The van der Waals surface area contributed by atoms with Gasteiger partial charge in [-0.1, -0.05) is 28.9 Å². The molecule has 1 N–H and O–H groups in total. The Morgan fingerprint density at radius 1 is 1.29 bits per heavy atom. The summed E-state index contributed by atoms with van der Waals surface area (Å²) < 4.78 is 1.02. The summed E-state index contributed by atoms with van der Waals surface area (Å²) in [5.74, 6) is 0.752. The number of halogens is 2. The van der Waals surface area contributed by atoms with Crippen LogP contribution >= 0.6 is 38.9 Å². The fourth-order valence-electron chi connectivity index (χ4n) is 2.07. The van der Waals surface area contributed by atoms with Crippen LogP contribution in [-0.2, 0) is 6.42 Å². The third-order valence-corrected chi connectivity index (χ3v) is 5.05. The Balaban J connectivity index is 2.11. The average molecular weight is 383 g/mol. The summed E-state index contributed by atoms with van der Waals surface area (Å²) in [4.78, 5) is 10.9. The van der Waals surface area contributed by atoms with Crippen LogP contribution in [-0.4, -0.2) is 9.97 Å². The van der Waals surface area contributed by atoms with E-state index in [9.17, 15) is 0 Å². The lowest BCUT2D eigenvalue weighted by molar-refractivity contribution is 1.19. The highest BCUT2D eigenvalue weighted by molar-refractivity contribution is 9.10. The molecule has 0 radical (unpaired) electrons. The van der Waals surface area contributed by atoms with Gasteiger partial charge in [-0.15, -0.1) is 11.3 Å². The topological polar surface area (TPSA) is 37.8 Å². The van der Waals surface area contributed by atoms with Crippen LogP contribution in [0.2, 0.25) is 5.28 Å².